The van der Waals surface area contributed by atoms with Crippen molar-refractivity contribution in [3.05, 3.63) is 23.8 Å². The summed E-state index contributed by atoms with van der Waals surface area (Å²) in [5, 5.41) is 12.1. The van der Waals surface area contributed by atoms with Crippen LogP contribution in [0.15, 0.2) is 18.2 Å². The highest BCUT2D eigenvalue weighted by atomic mass is 16.5. The van der Waals surface area contributed by atoms with Gasteiger partial charge in [0.15, 0.2) is 0 Å². The molecule has 0 aromatic heterocycles. The van der Waals surface area contributed by atoms with Crippen LogP contribution in [0.1, 0.15) is 32.3 Å². The zero-order valence-corrected chi connectivity index (χ0v) is 12.8. The van der Waals surface area contributed by atoms with Crippen molar-refractivity contribution in [2.24, 2.45) is 5.41 Å². The molecule has 0 fully saturated rings. The highest BCUT2D eigenvalue weighted by Gasteiger charge is 2.15. The van der Waals surface area contributed by atoms with Crippen LogP contribution in [-0.2, 0) is 6.54 Å². The van der Waals surface area contributed by atoms with Gasteiger partial charge in [-0.05, 0) is 51.9 Å². The standard InChI is InChI=1S/C16H24N2O2/c1-16(2,12-17)8-5-9-20-15-7-6-14(19-4)10-13(15)11-18-3/h6-7,10,18H,5,8-9,11H2,1-4H3. The molecule has 1 aromatic carbocycles. The monoisotopic (exact) mass is 276 g/mol. The maximum absolute atomic E-state index is 8.97. The largest absolute Gasteiger partial charge is 0.497 e. The molecule has 0 heterocycles. The second kappa shape index (κ2) is 7.76. The Labute approximate surface area is 121 Å². The fourth-order valence-corrected chi connectivity index (χ4v) is 1.90. The van der Waals surface area contributed by atoms with Gasteiger partial charge in [0.2, 0.25) is 0 Å². The van der Waals surface area contributed by atoms with Crippen molar-refractivity contribution in [2.45, 2.75) is 33.2 Å². The number of nitrogens with zero attached hydrogens (tertiary/aromatic N) is 1. The number of nitriles is 1. The Balaban J connectivity index is 2.57. The first-order valence-corrected chi connectivity index (χ1v) is 6.88. The van der Waals surface area contributed by atoms with E-state index in [2.05, 4.69) is 11.4 Å². The van der Waals surface area contributed by atoms with Gasteiger partial charge < -0.3 is 14.8 Å². The lowest BCUT2D eigenvalue weighted by Gasteiger charge is -2.16. The normalized spacial score (nSPS) is 10.9. The molecule has 1 N–H and O–H groups in total. The molecule has 1 rings (SSSR count). The molecule has 0 saturated carbocycles. The van der Waals surface area contributed by atoms with Crippen LogP contribution in [0.2, 0.25) is 0 Å². The quantitative estimate of drug-likeness (QED) is 0.741. The van der Waals surface area contributed by atoms with Gasteiger partial charge in [-0.3, -0.25) is 0 Å². The molecule has 0 spiro atoms. The van der Waals surface area contributed by atoms with E-state index in [1.54, 1.807) is 7.11 Å². The molecule has 0 bridgehead atoms. The summed E-state index contributed by atoms with van der Waals surface area (Å²) in [4.78, 5) is 0. The van der Waals surface area contributed by atoms with Gasteiger partial charge in [-0.15, -0.1) is 0 Å². The number of methoxy groups -OCH3 is 1. The molecule has 1 aromatic rings. The van der Waals surface area contributed by atoms with Crippen LogP contribution in [0, 0.1) is 16.7 Å². The van der Waals surface area contributed by atoms with E-state index in [9.17, 15) is 0 Å². The average Bonchev–Trinajstić information content (AvgIpc) is 2.45. The predicted octanol–water partition coefficient (Wildman–Crippen LogP) is 3.12. The van der Waals surface area contributed by atoms with Crippen molar-refractivity contribution in [1.82, 2.24) is 5.32 Å². The first-order valence-electron chi connectivity index (χ1n) is 6.88. The van der Waals surface area contributed by atoms with Crippen molar-refractivity contribution in [2.75, 3.05) is 20.8 Å². The van der Waals surface area contributed by atoms with Gasteiger partial charge in [0.05, 0.1) is 25.2 Å². The molecule has 4 heteroatoms. The van der Waals surface area contributed by atoms with Crippen LogP contribution in [0.5, 0.6) is 11.5 Å². The number of rotatable bonds is 8. The maximum atomic E-state index is 8.97. The van der Waals surface area contributed by atoms with E-state index in [0.717, 1.165) is 36.4 Å². The molecule has 0 saturated heterocycles. The third-order valence-corrected chi connectivity index (χ3v) is 3.14. The minimum Gasteiger partial charge on any atom is -0.497 e. The Bertz CT molecular complexity index is 464. The van der Waals surface area contributed by atoms with Crippen LogP contribution in [0.25, 0.3) is 0 Å². The fourth-order valence-electron chi connectivity index (χ4n) is 1.90. The maximum Gasteiger partial charge on any atom is 0.124 e. The Hall–Kier alpha value is -1.73. The summed E-state index contributed by atoms with van der Waals surface area (Å²) >= 11 is 0. The molecule has 110 valence electrons. The van der Waals surface area contributed by atoms with Crippen LogP contribution >= 0.6 is 0 Å². The van der Waals surface area contributed by atoms with Gasteiger partial charge in [0, 0.05) is 12.1 Å². The second-order valence-corrected chi connectivity index (χ2v) is 5.45. The first-order chi connectivity index (χ1) is 9.52. The van der Waals surface area contributed by atoms with Crippen molar-refractivity contribution in [3.8, 4) is 17.6 Å². The van der Waals surface area contributed by atoms with E-state index in [-0.39, 0.29) is 5.41 Å². The Morgan fingerprint density at radius 1 is 1.35 bits per heavy atom. The van der Waals surface area contributed by atoms with Gasteiger partial charge in [0.1, 0.15) is 11.5 Å². The highest BCUT2D eigenvalue weighted by Crippen LogP contribution is 2.25. The van der Waals surface area contributed by atoms with E-state index in [1.165, 1.54) is 0 Å². The minimum absolute atomic E-state index is 0.281. The summed E-state index contributed by atoms with van der Waals surface area (Å²) in [7, 11) is 3.56. The summed E-state index contributed by atoms with van der Waals surface area (Å²) in [5.74, 6) is 1.70. The lowest BCUT2D eigenvalue weighted by molar-refractivity contribution is 0.281. The molecular formula is C16H24N2O2. The smallest absolute Gasteiger partial charge is 0.124 e. The summed E-state index contributed by atoms with van der Waals surface area (Å²) in [6.07, 6.45) is 1.70. The molecule has 0 amide bonds. The number of hydrogen-bond acceptors (Lipinski definition) is 4. The molecule has 0 unspecified atom stereocenters. The third-order valence-electron chi connectivity index (χ3n) is 3.14. The Morgan fingerprint density at radius 2 is 2.10 bits per heavy atom. The zero-order valence-electron chi connectivity index (χ0n) is 12.8. The Kier molecular flexibility index (Phi) is 6.33. The summed E-state index contributed by atoms with van der Waals surface area (Å²) < 4.78 is 11.0. The van der Waals surface area contributed by atoms with Crippen molar-refractivity contribution in [3.63, 3.8) is 0 Å². The third kappa shape index (κ3) is 5.10. The van der Waals surface area contributed by atoms with Crippen molar-refractivity contribution >= 4 is 0 Å². The van der Waals surface area contributed by atoms with Gasteiger partial charge in [-0.2, -0.15) is 5.26 Å². The summed E-state index contributed by atoms with van der Waals surface area (Å²) in [5.41, 5.74) is 0.795. The zero-order chi connectivity index (χ0) is 15.0. The van der Waals surface area contributed by atoms with Gasteiger partial charge in [-0.25, -0.2) is 0 Å². The van der Waals surface area contributed by atoms with E-state index in [1.807, 2.05) is 39.1 Å². The lowest BCUT2D eigenvalue weighted by Crippen LogP contribution is -2.11. The molecule has 0 atom stereocenters. The number of benzene rings is 1. The SMILES string of the molecule is CNCc1cc(OC)ccc1OCCCC(C)(C)C#N. The highest BCUT2D eigenvalue weighted by molar-refractivity contribution is 5.40. The molecule has 4 nitrogen and oxygen atoms in total. The summed E-state index contributed by atoms with van der Waals surface area (Å²) in [6.45, 7) is 5.25. The van der Waals surface area contributed by atoms with Crippen molar-refractivity contribution in [1.29, 1.82) is 5.26 Å². The topological polar surface area (TPSA) is 54.3 Å². The number of ether oxygens (including phenoxy) is 2. The van der Waals surface area contributed by atoms with E-state index >= 15 is 0 Å². The summed E-state index contributed by atoms with van der Waals surface area (Å²) in [6, 6.07) is 8.11. The minimum atomic E-state index is -0.281. The first kappa shape index (κ1) is 16.3. The van der Waals surface area contributed by atoms with Gasteiger partial charge in [0.25, 0.3) is 0 Å². The Morgan fingerprint density at radius 3 is 2.70 bits per heavy atom. The molecule has 0 aliphatic rings. The van der Waals surface area contributed by atoms with Gasteiger partial charge >= 0.3 is 0 Å². The second-order valence-electron chi connectivity index (χ2n) is 5.45. The lowest BCUT2D eigenvalue weighted by atomic mass is 9.90. The van der Waals surface area contributed by atoms with Crippen LogP contribution in [0.4, 0.5) is 0 Å². The van der Waals surface area contributed by atoms with E-state index in [0.29, 0.717) is 6.61 Å². The number of nitrogens with one attached hydrogen (secondary N) is 1. The van der Waals surface area contributed by atoms with Crippen LogP contribution in [-0.4, -0.2) is 20.8 Å². The van der Waals surface area contributed by atoms with E-state index in [4.69, 9.17) is 14.7 Å². The van der Waals surface area contributed by atoms with Gasteiger partial charge in [-0.1, -0.05) is 0 Å². The van der Waals surface area contributed by atoms with Crippen molar-refractivity contribution < 1.29 is 9.47 Å². The average molecular weight is 276 g/mol. The molecule has 20 heavy (non-hydrogen) atoms. The van der Waals surface area contributed by atoms with Crippen LogP contribution in [0.3, 0.4) is 0 Å². The predicted molar refractivity (Wildman–Crippen MR) is 79.9 cm³/mol. The molecule has 0 radical (unpaired) electrons. The molecule has 0 aliphatic heterocycles. The molecular weight excluding hydrogens is 252 g/mol. The number of hydrogen-bond donors (Lipinski definition) is 1. The van der Waals surface area contributed by atoms with Crippen LogP contribution < -0.4 is 14.8 Å². The fraction of sp³-hybridized carbons (Fsp3) is 0.562. The molecule has 0 aliphatic carbocycles. The van der Waals surface area contributed by atoms with E-state index < -0.39 is 0 Å².